The highest BCUT2D eigenvalue weighted by molar-refractivity contribution is 7.92. The van der Waals surface area contributed by atoms with E-state index in [1.165, 1.54) is 12.3 Å². The Hall–Kier alpha value is -1.74. The molecule has 0 atom stereocenters. The summed E-state index contributed by atoms with van der Waals surface area (Å²) in [6.07, 6.45) is -3.59. The van der Waals surface area contributed by atoms with Crippen molar-refractivity contribution in [3.05, 3.63) is 41.0 Å². The monoisotopic (exact) mass is 325 g/mol. The first kappa shape index (κ1) is 14.7. The van der Waals surface area contributed by atoms with E-state index >= 15 is 0 Å². The van der Waals surface area contributed by atoms with Crippen LogP contribution in [0.2, 0.25) is 5.02 Å². The third kappa shape index (κ3) is 3.05. The molecule has 20 heavy (non-hydrogen) atoms. The Morgan fingerprint density at radius 2 is 1.95 bits per heavy atom. The maximum atomic E-state index is 12.9. The minimum Gasteiger partial charge on any atom is -0.264 e. The molecule has 1 heterocycles. The van der Waals surface area contributed by atoms with Gasteiger partial charge in [-0.05, 0) is 18.2 Å². The van der Waals surface area contributed by atoms with E-state index in [0.717, 1.165) is 12.1 Å². The minimum atomic E-state index is -4.84. The van der Waals surface area contributed by atoms with Crippen LogP contribution in [0.25, 0.3) is 0 Å². The lowest BCUT2D eigenvalue weighted by Crippen LogP contribution is -2.19. The van der Waals surface area contributed by atoms with Gasteiger partial charge in [0.2, 0.25) is 0 Å². The Balaban J connectivity index is 2.52. The van der Waals surface area contributed by atoms with Gasteiger partial charge < -0.3 is 0 Å². The number of alkyl halides is 3. The molecule has 0 saturated heterocycles. The third-order valence-corrected chi connectivity index (χ3v) is 3.94. The molecule has 0 bridgehead atoms. The summed E-state index contributed by atoms with van der Waals surface area (Å²) in [5.74, 6) is -0.0481. The fraction of sp³-hybridized carbons (Fsp3) is 0.100. The van der Waals surface area contributed by atoms with Crippen molar-refractivity contribution in [1.82, 2.24) is 10.2 Å². The van der Waals surface area contributed by atoms with Gasteiger partial charge in [-0.2, -0.15) is 18.3 Å². The van der Waals surface area contributed by atoms with E-state index < -0.39 is 26.7 Å². The van der Waals surface area contributed by atoms with Crippen LogP contribution in [-0.4, -0.2) is 18.6 Å². The Labute approximate surface area is 116 Å². The molecule has 0 amide bonds. The van der Waals surface area contributed by atoms with Gasteiger partial charge in [-0.3, -0.25) is 9.82 Å². The van der Waals surface area contributed by atoms with Crippen LogP contribution < -0.4 is 4.72 Å². The zero-order valence-corrected chi connectivity index (χ0v) is 11.1. The zero-order valence-electron chi connectivity index (χ0n) is 9.57. The Morgan fingerprint density at radius 1 is 1.25 bits per heavy atom. The summed E-state index contributed by atoms with van der Waals surface area (Å²) in [6, 6.07) is 3.69. The first-order valence-corrected chi connectivity index (χ1v) is 6.95. The maximum Gasteiger partial charge on any atom is 0.417 e. The number of halogens is 4. The normalized spacial score (nSPS) is 12.4. The van der Waals surface area contributed by atoms with E-state index in [1.54, 1.807) is 0 Å². The van der Waals surface area contributed by atoms with E-state index in [4.69, 9.17) is 11.6 Å². The lowest BCUT2D eigenvalue weighted by Gasteiger charge is -2.14. The molecule has 0 radical (unpaired) electrons. The quantitative estimate of drug-likeness (QED) is 0.911. The topological polar surface area (TPSA) is 74.8 Å². The SMILES string of the molecule is O=S(=O)(Nc1ccn[nH]1)c1ccc(Cl)cc1C(F)(F)F. The van der Waals surface area contributed by atoms with Crippen molar-refractivity contribution in [3.8, 4) is 0 Å². The fourth-order valence-electron chi connectivity index (χ4n) is 1.47. The molecule has 2 aromatic rings. The summed E-state index contributed by atoms with van der Waals surface area (Å²) in [4.78, 5) is -0.913. The van der Waals surface area contributed by atoms with Gasteiger partial charge in [-0.25, -0.2) is 8.42 Å². The van der Waals surface area contributed by atoms with Crippen LogP contribution in [0.5, 0.6) is 0 Å². The van der Waals surface area contributed by atoms with E-state index in [9.17, 15) is 21.6 Å². The van der Waals surface area contributed by atoms with Gasteiger partial charge in [0.15, 0.2) is 0 Å². The molecular formula is C10H7ClF3N3O2S. The van der Waals surface area contributed by atoms with Crippen molar-refractivity contribution in [2.45, 2.75) is 11.1 Å². The fourth-order valence-corrected chi connectivity index (χ4v) is 2.87. The first-order chi connectivity index (χ1) is 9.20. The molecule has 1 aromatic carbocycles. The van der Waals surface area contributed by atoms with Gasteiger partial charge in [0.05, 0.1) is 16.7 Å². The van der Waals surface area contributed by atoms with E-state index in [-0.39, 0.29) is 10.8 Å². The van der Waals surface area contributed by atoms with Crippen molar-refractivity contribution in [3.63, 3.8) is 0 Å². The van der Waals surface area contributed by atoms with Crippen LogP contribution in [0.1, 0.15) is 5.56 Å². The Bertz CT molecular complexity index is 714. The molecule has 0 aliphatic heterocycles. The molecule has 108 valence electrons. The molecule has 2 rings (SSSR count). The number of benzene rings is 1. The van der Waals surface area contributed by atoms with E-state index in [2.05, 4.69) is 10.2 Å². The number of sulfonamides is 1. The molecule has 0 aliphatic rings. The molecule has 1 aromatic heterocycles. The van der Waals surface area contributed by atoms with Gasteiger partial charge in [0, 0.05) is 11.1 Å². The van der Waals surface area contributed by atoms with Crippen LogP contribution in [0.4, 0.5) is 19.0 Å². The number of hydrogen-bond donors (Lipinski definition) is 2. The van der Waals surface area contributed by atoms with E-state index in [0.29, 0.717) is 6.07 Å². The third-order valence-electron chi connectivity index (χ3n) is 2.28. The number of aromatic amines is 1. The summed E-state index contributed by atoms with van der Waals surface area (Å²) in [5, 5.41) is 5.56. The molecule has 0 spiro atoms. The van der Waals surface area contributed by atoms with Crippen LogP contribution in [0.3, 0.4) is 0 Å². The van der Waals surface area contributed by atoms with E-state index in [1.807, 2.05) is 4.72 Å². The van der Waals surface area contributed by atoms with Crippen molar-refractivity contribution in [1.29, 1.82) is 0 Å². The lowest BCUT2D eigenvalue weighted by molar-refractivity contribution is -0.139. The van der Waals surface area contributed by atoms with Crippen LogP contribution in [0, 0.1) is 0 Å². The molecule has 0 fully saturated rings. The van der Waals surface area contributed by atoms with Crippen molar-refractivity contribution < 1.29 is 21.6 Å². The van der Waals surface area contributed by atoms with Crippen molar-refractivity contribution in [2.75, 3.05) is 4.72 Å². The highest BCUT2D eigenvalue weighted by Gasteiger charge is 2.37. The number of rotatable bonds is 3. The summed E-state index contributed by atoms with van der Waals surface area (Å²) < 4.78 is 64.5. The predicted molar refractivity (Wildman–Crippen MR) is 65.9 cm³/mol. The van der Waals surface area contributed by atoms with Gasteiger partial charge in [0.25, 0.3) is 10.0 Å². The summed E-state index contributed by atoms with van der Waals surface area (Å²) >= 11 is 5.48. The molecule has 0 unspecified atom stereocenters. The smallest absolute Gasteiger partial charge is 0.264 e. The molecule has 0 saturated carbocycles. The van der Waals surface area contributed by atoms with Crippen LogP contribution in [-0.2, 0) is 16.2 Å². The zero-order chi connectivity index (χ0) is 15.0. The summed E-state index contributed by atoms with van der Waals surface area (Å²) in [6.45, 7) is 0. The van der Waals surface area contributed by atoms with Gasteiger partial charge >= 0.3 is 6.18 Å². The number of nitrogens with zero attached hydrogens (tertiary/aromatic N) is 1. The number of aromatic nitrogens is 2. The van der Waals surface area contributed by atoms with Crippen molar-refractivity contribution in [2.24, 2.45) is 0 Å². The largest absolute Gasteiger partial charge is 0.417 e. The Morgan fingerprint density at radius 3 is 2.50 bits per heavy atom. The molecule has 10 heteroatoms. The number of hydrogen-bond acceptors (Lipinski definition) is 3. The van der Waals surface area contributed by atoms with Gasteiger partial charge in [0.1, 0.15) is 5.82 Å². The second-order valence-electron chi connectivity index (χ2n) is 3.71. The van der Waals surface area contributed by atoms with Crippen molar-refractivity contribution >= 4 is 27.4 Å². The number of H-pyrrole nitrogens is 1. The summed E-state index contributed by atoms with van der Waals surface area (Å²) in [7, 11) is -4.41. The average Bonchev–Trinajstić information content (AvgIpc) is 2.79. The van der Waals surface area contributed by atoms with Gasteiger partial charge in [-0.15, -0.1) is 0 Å². The average molecular weight is 326 g/mol. The first-order valence-electron chi connectivity index (χ1n) is 5.09. The maximum absolute atomic E-state index is 12.9. The van der Waals surface area contributed by atoms with Crippen LogP contribution in [0.15, 0.2) is 35.4 Å². The number of anilines is 1. The Kier molecular flexibility index (Phi) is 3.65. The molecule has 0 aliphatic carbocycles. The standard InChI is InChI=1S/C10H7ClF3N3O2S/c11-6-1-2-8(7(5-6)10(12,13)14)20(18,19)17-9-3-4-15-16-9/h1-5H,(H2,15,16,17). The molecule has 2 N–H and O–H groups in total. The van der Waals surface area contributed by atoms with Gasteiger partial charge in [-0.1, -0.05) is 11.6 Å². The minimum absolute atomic E-state index is 0.0481. The molecule has 5 nitrogen and oxygen atoms in total. The second kappa shape index (κ2) is 4.98. The lowest BCUT2D eigenvalue weighted by atomic mass is 10.2. The number of nitrogens with one attached hydrogen (secondary N) is 2. The predicted octanol–water partition coefficient (Wildman–Crippen LogP) is 2.88. The van der Waals surface area contributed by atoms with Crippen LogP contribution >= 0.6 is 11.6 Å². The highest BCUT2D eigenvalue weighted by Crippen LogP contribution is 2.36. The summed E-state index contributed by atoms with van der Waals surface area (Å²) in [5.41, 5.74) is -1.34. The molecular weight excluding hydrogens is 319 g/mol. The highest BCUT2D eigenvalue weighted by atomic mass is 35.5. The second-order valence-corrected chi connectivity index (χ2v) is 5.80.